The first-order valence-electron chi connectivity index (χ1n) is 18.8. The molecule has 6 aromatic carbocycles. The average Bonchev–Trinajstić information content (AvgIpc) is 3.26. The van der Waals surface area contributed by atoms with Crippen LogP contribution in [-0.2, 0) is 25.7 Å². The summed E-state index contributed by atoms with van der Waals surface area (Å²) >= 11 is 7.28. The van der Waals surface area contributed by atoms with Gasteiger partial charge in [0.05, 0.1) is 42.7 Å². The van der Waals surface area contributed by atoms with E-state index in [0.717, 1.165) is 31.2 Å². The number of aryl methyl sites for hydroxylation is 4. The van der Waals surface area contributed by atoms with Crippen molar-refractivity contribution in [2.24, 2.45) is 0 Å². The summed E-state index contributed by atoms with van der Waals surface area (Å²) < 4.78 is 47.0. The fourth-order valence-electron chi connectivity index (χ4n) is 6.54. The molecule has 0 bridgehead atoms. The quantitative estimate of drug-likeness (QED) is 0.0575. The van der Waals surface area contributed by atoms with Crippen LogP contribution < -0.4 is 37.9 Å². The summed E-state index contributed by atoms with van der Waals surface area (Å²) in [5.74, 6) is 3.69. The minimum Gasteiger partial charge on any atom is -0.497 e. The average molecular weight is 941 g/mol. The maximum atomic E-state index is 14.0. The van der Waals surface area contributed by atoms with Gasteiger partial charge in [-0.1, -0.05) is 31.9 Å². The highest BCUT2D eigenvalue weighted by atomic mass is 79.9. The second-order valence-corrected chi connectivity index (χ2v) is 15.5. The van der Waals surface area contributed by atoms with Crippen molar-refractivity contribution < 1.29 is 47.5 Å². The van der Waals surface area contributed by atoms with Crippen LogP contribution in [0.4, 0.5) is 0 Å². The number of ether oxygens (including phenoxy) is 8. The van der Waals surface area contributed by atoms with Crippen molar-refractivity contribution in [2.75, 3.05) is 42.7 Å². The predicted molar refractivity (Wildman–Crippen MR) is 237 cm³/mol. The first-order chi connectivity index (χ1) is 29.0. The van der Waals surface area contributed by atoms with Crippen molar-refractivity contribution >= 4 is 43.4 Å². The van der Waals surface area contributed by atoms with Crippen LogP contribution in [0.1, 0.15) is 43.0 Å². The monoisotopic (exact) mass is 938 g/mol. The van der Waals surface area contributed by atoms with Gasteiger partial charge in [0, 0.05) is 44.3 Å². The molecule has 0 saturated heterocycles. The fraction of sp³-hybridized carbons (Fsp3) is 0.208. The van der Waals surface area contributed by atoms with E-state index in [4.69, 9.17) is 37.9 Å². The Morgan fingerprint density at radius 2 is 0.567 bits per heavy atom. The van der Waals surface area contributed by atoms with Crippen LogP contribution in [0.25, 0.3) is 0 Å². The molecular weight excluding hydrogens is 896 g/mol. The predicted octanol–water partition coefficient (Wildman–Crippen LogP) is 11.5. The minimum absolute atomic E-state index is 0.0682. The molecule has 0 N–H and O–H groups in total. The van der Waals surface area contributed by atoms with Crippen molar-refractivity contribution in [1.82, 2.24) is 0 Å². The van der Waals surface area contributed by atoms with Crippen LogP contribution in [0.3, 0.4) is 0 Å². The molecule has 0 aliphatic heterocycles. The Morgan fingerprint density at radius 1 is 0.333 bits per heavy atom. The molecular formula is C48H44Br2O10. The van der Waals surface area contributed by atoms with Gasteiger partial charge in [0.2, 0.25) is 11.6 Å². The molecule has 0 heterocycles. The van der Waals surface area contributed by atoms with Gasteiger partial charge in [-0.15, -0.1) is 0 Å². The zero-order chi connectivity index (χ0) is 42.8. The van der Waals surface area contributed by atoms with E-state index in [-0.39, 0.29) is 22.6 Å². The number of halogens is 2. The Balaban J connectivity index is 1.30. The smallest absolute Gasteiger partial charge is 0.233 e. The highest BCUT2D eigenvalue weighted by molar-refractivity contribution is 9.10. The molecule has 10 nitrogen and oxygen atoms in total. The number of carbonyl (C=O) groups excluding carboxylic acids is 2. The molecule has 6 rings (SSSR count). The summed E-state index contributed by atoms with van der Waals surface area (Å²) in [4.78, 5) is 27.8. The van der Waals surface area contributed by atoms with E-state index in [0.29, 0.717) is 71.7 Å². The summed E-state index contributed by atoms with van der Waals surface area (Å²) in [5.41, 5.74) is 4.29. The van der Waals surface area contributed by atoms with E-state index >= 15 is 0 Å². The number of ketones is 2. The summed E-state index contributed by atoms with van der Waals surface area (Å²) in [6.45, 7) is 0. The molecule has 310 valence electrons. The molecule has 0 aliphatic rings. The highest BCUT2D eigenvalue weighted by Crippen LogP contribution is 2.35. The number of hydrogen-bond acceptors (Lipinski definition) is 10. The number of rotatable bonds is 19. The lowest BCUT2D eigenvalue weighted by atomic mass is 10.0. The van der Waals surface area contributed by atoms with Crippen molar-refractivity contribution in [1.29, 1.82) is 0 Å². The Kier molecular flexibility index (Phi) is 14.8. The van der Waals surface area contributed by atoms with E-state index < -0.39 is 11.6 Å². The van der Waals surface area contributed by atoms with Crippen LogP contribution in [0.15, 0.2) is 118 Å². The van der Waals surface area contributed by atoms with E-state index in [1.165, 1.54) is 38.5 Å². The first-order valence-corrected chi connectivity index (χ1v) is 20.4. The Labute approximate surface area is 366 Å². The van der Waals surface area contributed by atoms with E-state index in [2.05, 4.69) is 31.9 Å². The normalized spacial score (nSPS) is 10.7. The topological polar surface area (TPSA) is 108 Å². The summed E-state index contributed by atoms with van der Waals surface area (Å²) in [5, 5.41) is 0. The van der Waals surface area contributed by atoms with Crippen molar-refractivity contribution in [3.8, 4) is 57.5 Å². The molecule has 60 heavy (non-hydrogen) atoms. The van der Waals surface area contributed by atoms with Gasteiger partial charge in [-0.25, -0.2) is 0 Å². The largest absolute Gasteiger partial charge is 0.497 e. The second-order valence-electron chi connectivity index (χ2n) is 13.7. The second kappa shape index (κ2) is 20.3. The molecule has 0 radical (unpaired) electrons. The maximum Gasteiger partial charge on any atom is 0.233 e. The minimum atomic E-state index is -0.770. The van der Waals surface area contributed by atoms with Crippen molar-refractivity contribution in [2.45, 2.75) is 25.7 Å². The Hall–Kier alpha value is -5.98. The third-order valence-corrected chi connectivity index (χ3v) is 10.4. The molecule has 0 amide bonds. The van der Waals surface area contributed by atoms with Crippen LogP contribution in [-0.4, -0.2) is 54.2 Å². The van der Waals surface area contributed by atoms with Crippen LogP contribution in [0.2, 0.25) is 0 Å². The number of carbonyl (C=O) groups is 2. The third-order valence-electron chi connectivity index (χ3n) is 9.52. The molecule has 6 aromatic rings. The standard InChI is InChI=1S/C48H44Br2O10/c1-53-37-13-31(14-38(25-37)54-2)9-7-29-11-35(49)23-43(17-29)59-45-21-34(48(52)47(51)33-19-41(57-5)27-42(20-33)58-6)22-46(28-45)60-44-18-30(12-36(50)24-44)8-10-32-15-39(55-3)26-40(16-32)56-4/h11-28H,7-10H2,1-6H3. The van der Waals surface area contributed by atoms with Crippen LogP contribution in [0, 0.1) is 0 Å². The van der Waals surface area contributed by atoms with Crippen LogP contribution in [0.5, 0.6) is 57.5 Å². The molecule has 0 atom stereocenters. The van der Waals surface area contributed by atoms with Gasteiger partial charge in [0.1, 0.15) is 57.5 Å². The molecule has 0 aliphatic carbocycles. The van der Waals surface area contributed by atoms with Gasteiger partial charge in [-0.05, 0) is 133 Å². The van der Waals surface area contributed by atoms with E-state index in [1.54, 1.807) is 40.6 Å². The summed E-state index contributed by atoms with van der Waals surface area (Å²) in [6.07, 6.45) is 2.80. The van der Waals surface area contributed by atoms with Gasteiger partial charge in [0.25, 0.3) is 0 Å². The molecule has 0 aromatic heterocycles. The van der Waals surface area contributed by atoms with Crippen molar-refractivity contribution in [3.63, 3.8) is 0 Å². The van der Waals surface area contributed by atoms with Gasteiger partial charge in [-0.2, -0.15) is 0 Å². The fourth-order valence-corrected chi connectivity index (χ4v) is 7.58. The lowest BCUT2D eigenvalue weighted by Crippen LogP contribution is -2.15. The Morgan fingerprint density at radius 3 is 0.883 bits per heavy atom. The first kappa shape index (κ1) is 43.6. The highest BCUT2D eigenvalue weighted by Gasteiger charge is 2.23. The van der Waals surface area contributed by atoms with Gasteiger partial charge < -0.3 is 37.9 Å². The van der Waals surface area contributed by atoms with Crippen molar-refractivity contribution in [3.05, 3.63) is 152 Å². The van der Waals surface area contributed by atoms with Crippen LogP contribution >= 0.6 is 31.9 Å². The maximum absolute atomic E-state index is 14.0. The molecule has 0 fully saturated rings. The molecule has 12 heteroatoms. The number of benzene rings is 6. The van der Waals surface area contributed by atoms with Gasteiger partial charge in [0.15, 0.2) is 0 Å². The van der Waals surface area contributed by atoms with Gasteiger partial charge >= 0.3 is 0 Å². The summed E-state index contributed by atoms with van der Waals surface area (Å²) in [6, 6.07) is 32.5. The zero-order valence-corrected chi connectivity index (χ0v) is 37.2. The van der Waals surface area contributed by atoms with E-state index in [1.807, 2.05) is 72.8 Å². The molecule has 0 unspecified atom stereocenters. The number of Topliss-reactive ketones (excluding diaryl/α,β-unsaturated/α-hetero) is 2. The van der Waals surface area contributed by atoms with E-state index in [9.17, 15) is 9.59 Å². The summed E-state index contributed by atoms with van der Waals surface area (Å²) in [7, 11) is 9.45. The lowest BCUT2D eigenvalue weighted by molar-refractivity contribution is 0.0816. The zero-order valence-electron chi connectivity index (χ0n) is 34.1. The molecule has 0 spiro atoms. The molecule has 0 saturated carbocycles. The number of hydrogen-bond donors (Lipinski definition) is 0. The number of methoxy groups -OCH3 is 6. The SMILES string of the molecule is COc1cc(CCc2cc(Br)cc(Oc3cc(Oc4cc(Br)cc(CCc5cc(OC)cc(OC)c5)c4)cc(C(=O)C(=O)c4cc(OC)cc(OC)c4)c3)c2)cc(OC)c1. The lowest BCUT2D eigenvalue weighted by Gasteiger charge is -2.14. The van der Waals surface area contributed by atoms with Gasteiger partial charge in [-0.3, -0.25) is 9.59 Å². The third kappa shape index (κ3) is 11.6. The Bertz CT molecular complexity index is 2300.